The number of para-hydroxylation sites is 1. The van der Waals surface area contributed by atoms with Gasteiger partial charge in [-0.2, -0.15) is 23.5 Å². The fraction of sp³-hybridized carbons (Fsp3) is 0.125. The number of halogens is 5. The molecule has 4 aromatic rings. The number of hydrogen-bond acceptors (Lipinski definition) is 3. The first-order valence-electron chi connectivity index (χ1n) is 9.91. The predicted octanol–water partition coefficient (Wildman–Crippen LogP) is 5.23. The van der Waals surface area contributed by atoms with E-state index in [0.717, 1.165) is 16.7 Å². The Labute approximate surface area is 189 Å². The summed E-state index contributed by atoms with van der Waals surface area (Å²) in [6, 6.07) is 13.4. The molecule has 2 heterocycles. The van der Waals surface area contributed by atoms with Crippen LogP contribution in [-0.2, 0) is 12.7 Å². The molecule has 5 nitrogen and oxygen atoms in total. The van der Waals surface area contributed by atoms with Crippen LogP contribution in [0.3, 0.4) is 0 Å². The molecule has 4 rings (SSSR count). The highest BCUT2D eigenvalue weighted by molar-refractivity contribution is 5.65. The summed E-state index contributed by atoms with van der Waals surface area (Å²) in [5.41, 5.74) is -2.89. The van der Waals surface area contributed by atoms with Crippen LogP contribution in [0.1, 0.15) is 22.4 Å². The summed E-state index contributed by atoms with van der Waals surface area (Å²) >= 11 is 0. The quantitative estimate of drug-likeness (QED) is 0.384. The maximum Gasteiger partial charge on any atom is 0.417 e. The van der Waals surface area contributed by atoms with E-state index in [0.29, 0.717) is 23.5 Å². The van der Waals surface area contributed by atoms with Crippen molar-refractivity contribution in [2.45, 2.75) is 19.6 Å². The highest BCUT2D eigenvalue weighted by Gasteiger charge is 2.37. The molecule has 0 amide bonds. The van der Waals surface area contributed by atoms with Crippen molar-refractivity contribution in [3.8, 4) is 23.0 Å². The van der Waals surface area contributed by atoms with Crippen molar-refractivity contribution in [2.24, 2.45) is 0 Å². The minimum atomic E-state index is -4.98. The van der Waals surface area contributed by atoms with Gasteiger partial charge in [0.05, 0.1) is 35.4 Å². The average molecular weight is 470 g/mol. The van der Waals surface area contributed by atoms with Crippen LogP contribution < -0.4 is 5.56 Å². The molecule has 10 heteroatoms. The molecular formula is C24H15F5N4O. The van der Waals surface area contributed by atoms with Crippen LogP contribution in [0.5, 0.6) is 0 Å². The summed E-state index contributed by atoms with van der Waals surface area (Å²) in [6.07, 6.45) is -3.69. The zero-order valence-electron chi connectivity index (χ0n) is 17.6. The lowest BCUT2D eigenvalue weighted by Gasteiger charge is -2.18. The standard InChI is InChI=1S/C24H15F5N4O/c1-14-19(12-31-33(14)17-5-3-2-4-6-17)22-10-20(24(27,28)29)18(11-30)23(34)32(22)13-15-7-8-16(25)9-21(15)26/h2-10,12H,13H2,1H3. The second kappa shape index (κ2) is 8.59. The third kappa shape index (κ3) is 4.08. The summed E-state index contributed by atoms with van der Waals surface area (Å²) in [4.78, 5) is 13.0. The van der Waals surface area contributed by atoms with Crippen LogP contribution >= 0.6 is 0 Å². The van der Waals surface area contributed by atoms with Crippen LogP contribution in [0.15, 0.2) is 65.6 Å². The van der Waals surface area contributed by atoms with Gasteiger partial charge in [-0.05, 0) is 31.2 Å². The lowest BCUT2D eigenvalue weighted by atomic mass is 10.0. The Bertz CT molecular complexity index is 1480. The Kier molecular flexibility index (Phi) is 5.79. The molecule has 0 spiro atoms. The van der Waals surface area contributed by atoms with Crippen molar-refractivity contribution >= 4 is 0 Å². The van der Waals surface area contributed by atoms with E-state index < -0.39 is 41.0 Å². The number of hydrogen-bond donors (Lipinski definition) is 0. The van der Waals surface area contributed by atoms with Gasteiger partial charge in [-0.1, -0.05) is 24.3 Å². The Morgan fingerprint density at radius 2 is 1.76 bits per heavy atom. The molecule has 0 aliphatic heterocycles. The first kappa shape index (κ1) is 22.9. The van der Waals surface area contributed by atoms with Crippen LogP contribution in [0.25, 0.3) is 16.9 Å². The molecule has 2 aromatic heterocycles. The second-order valence-electron chi connectivity index (χ2n) is 7.45. The third-order valence-electron chi connectivity index (χ3n) is 5.35. The molecule has 0 bridgehead atoms. The fourth-order valence-electron chi connectivity index (χ4n) is 3.67. The summed E-state index contributed by atoms with van der Waals surface area (Å²) in [5, 5.41) is 13.5. The third-order valence-corrected chi connectivity index (χ3v) is 5.35. The maximum atomic E-state index is 14.3. The molecule has 0 N–H and O–H groups in total. The lowest BCUT2D eigenvalue weighted by Crippen LogP contribution is -2.29. The van der Waals surface area contributed by atoms with E-state index in [4.69, 9.17) is 0 Å². The van der Waals surface area contributed by atoms with Crippen molar-refractivity contribution in [3.05, 3.63) is 105 Å². The number of nitrogens with zero attached hydrogens (tertiary/aromatic N) is 4. The van der Waals surface area contributed by atoms with E-state index >= 15 is 0 Å². The van der Waals surface area contributed by atoms with Gasteiger partial charge in [0.1, 0.15) is 23.3 Å². The molecule has 0 saturated heterocycles. The van der Waals surface area contributed by atoms with Crippen LogP contribution in [0.2, 0.25) is 0 Å². The minimum absolute atomic E-state index is 0.137. The smallest absolute Gasteiger partial charge is 0.302 e. The van der Waals surface area contributed by atoms with Gasteiger partial charge in [0.15, 0.2) is 0 Å². The zero-order chi connectivity index (χ0) is 24.6. The Balaban J connectivity index is 1.99. The fourth-order valence-corrected chi connectivity index (χ4v) is 3.67. The largest absolute Gasteiger partial charge is 0.417 e. The summed E-state index contributed by atoms with van der Waals surface area (Å²) < 4.78 is 71.2. The monoisotopic (exact) mass is 470 g/mol. The molecule has 0 aliphatic rings. The van der Waals surface area contributed by atoms with Crippen molar-refractivity contribution < 1.29 is 22.0 Å². The first-order chi connectivity index (χ1) is 16.1. The van der Waals surface area contributed by atoms with E-state index in [1.807, 2.05) is 0 Å². The van der Waals surface area contributed by atoms with E-state index in [2.05, 4.69) is 5.10 Å². The molecule has 0 saturated carbocycles. The summed E-state index contributed by atoms with van der Waals surface area (Å²) in [6.45, 7) is 1.08. The minimum Gasteiger partial charge on any atom is -0.302 e. The van der Waals surface area contributed by atoms with Crippen molar-refractivity contribution in [1.82, 2.24) is 14.3 Å². The number of benzene rings is 2. The predicted molar refractivity (Wildman–Crippen MR) is 113 cm³/mol. The Morgan fingerprint density at radius 3 is 2.38 bits per heavy atom. The SMILES string of the molecule is Cc1c(-c2cc(C(F)(F)F)c(C#N)c(=O)n2Cc2ccc(F)cc2F)cnn1-c1ccccc1. The molecule has 0 radical (unpaired) electrons. The molecule has 0 unspecified atom stereocenters. The molecule has 0 fully saturated rings. The Hall–Kier alpha value is -4.26. The normalized spacial score (nSPS) is 11.4. The maximum absolute atomic E-state index is 14.3. The molecule has 2 aromatic carbocycles. The van der Waals surface area contributed by atoms with E-state index in [-0.39, 0.29) is 16.8 Å². The van der Waals surface area contributed by atoms with Gasteiger partial charge in [-0.25, -0.2) is 13.5 Å². The number of alkyl halides is 3. The van der Waals surface area contributed by atoms with Gasteiger partial charge in [0.25, 0.3) is 5.56 Å². The highest BCUT2D eigenvalue weighted by Crippen LogP contribution is 2.35. The highest BCUT2D eigenvalue weighted by atomic mass is 19.4. The molecule has 34 heavy (non-hydrogen) atoms. The van der Waals surface area contributed by atoms with E-state index in [1.54, 1.807) is 37.3 Å². The molecule has 0 aliphatic carbocycles. The lowest BCUT2D eigenvalue weighted by molar-refractivity contribution is -0.137. The average Bonchev–Trinajstić information content (AvgIpc) is 3.17. The Morgan fingerprint density at radius 1 is 1.06 bits per heavy atom. The topological polar surface area (TPSA) is 63.6 Å². The van der Waals surface area contributed by atoms with Gasteiger partial charge in [0, 0.05) is 17.2 Å². The molecule has 172 valence electrons. The molecule has 0 atom stereocenters. The van der Waals surface area contributed by atoms with Crippen LogP contribution in [-0.4, -0.2) is 14.3 Å². The van der Waals surface area contributed by atoms with Crippen molar-refractivity contribution in [1.29, 1.82) is 5.26 Å². The van der Waals surface area contributed by atoms with E-state index in [9.17, 15) is 32.0 Å². The van der Waals surface area contributed by atoms with Gasteiger partial charge in [-0.3, -0.25) is 4.79 Å². The summed E-state index contributed by atoms with van der Waals surface area (Å²) in [5.74, 6) is -1.83. The van der Waals surface area contributed by atoms with Gasteiger partial charge in [0.2, 0.25) is 0 Å². The van der Waals surface area contributed by atoms with Gasteiger partial charge < -0.3 is 4.57 Å². The number of aromatic nitrogens is 3. The number of pyridine rings is 1. The van der Waals surface area contributed by atoms with E-state index in [1.165, 1.54) is 16.9 Å². The number of rotatable bonds is 4. The first-order valence-corrected chi connectivity index (χ1v) is 9.91. The van der Waals surface area contributed by atoms with Gasteiger partial charge >= 0.3 is 6.18 Å². The number of nitriles is 1. The van der Waals surface area contributed by atoms with Crippen molar-refractivity contribution in [2.75, 3.05) is 0 Å². The summed E-state index contributed by atoms with van der Waals surface area (Å²) in [7, 11) is 0. The van der Waals surface area contributed by atoms with Crippen molar-refractivity contribution in [3.63, 3.8) is 0 Å². The second-order valence-corrected chi connectivity index (χ2v) is 7.45. The van der Waals surface area contributed by atoms with Crippen LogP contribution in [0.4, 0.5) is 22.0 Å². The zero-order valence-corrected chi connectivity index (χ0v) is 17.6. The van der Waals surface area contributed by atoms with Gasteiger partial charge in [-0.15, -0.1) is 0 Å². The van der Waals surface area contributed by atoms with Crippen LogP contribution in [0, 0.1) is 29.9 Å². The molecular weight excluding hydrogens is 455 g/mol.